The first-order valence-corrected chi connectivity index (χ1v) is 6.61. The maximum atomic E-state index is 10.7. The molecule has 1 aliphatic rings. The molecule has 2 heterocycles. The zero-order chi connectivity index (χ0) is 13.7. The quantitative estimate of drug-likeness (QED) is 0.603. The highest BCUT2D eigenvalue weighted by molar-refractivity contribution is 6.29. The van der Waals surface area contributed by atoms with Crippen molar-refractivity contribution in [2.45, 2.75) is 6.92 Å². The summed E-state index contributed by atoms with van der Waals surface area (Å²) in [6.45, 7) is 6.26. The maximum Gasteiger partial charge on any atom is 0.302 e. The van der Waals surface area contributed by atoms with E-state index < -0.39 is 0 Å². The van der Waals surface area contributed by atoms with Crippen molar-refractivity contribution in [2.24, 2.45) is 0 Å². The molecule has 2 rings (SSSR count). The summed E-state index contributed by atoms with van der Waals surface area (Å²) in [5.41, 5.74) is 0. The number of piperazine rings is 1. The Morgan fingerprint density at radius 1 is 1.37 bits per heavy atom. The monoisotopic (exact) mass is 284 g/mol. The van der Waals surface area contributed by atoms with Crippen molar-refractivity contribution < 1.29 is 9.53 Å². The molecule has 0 atom stereocenters. The number of nitrogens with zero attached hydrogens (tertiary/aromatic N) is 4. The summed E-state index contributed by atoms with van der Waals surface area (Å²) in [5.74, 6) is 0.633. The van der Waals surface area contributed by atoms with Crippen molar-refractivity contribution in [2.75, 3.05) is 44.2 Å². The van der Waals surface area contributed by atoms with E-state index in [1.807, 2.05) is 0 Å². The van der Waals surface area contributed by atoms with Gasteiger partial charge >= 0.3 is 5.97 Å². The summed E-state index contributed by atoms with van der Waals surface area (Å²) in [4.78, 5) is 23.2. The van der Waals surface area contributed by atoms with Crippen LogP contribution in [0.4, 0.5) is 5.82 Å². The van der Waals surface area contributed by atoms with Gasteiger partial charge in [-0.2, -0.15) is 0 Å². The first-order chi connectivity index (χ1) is 9.15. The van der Waals surface area contributed by atoms with Gasteiger partial charge < -0.3 is 9.64 Å². The second-order valence-corrected chi connectivity index (χ2v) is 4.75. The van der Waals surface area contributed by atoms with Gasteiger partial charge in [0.15, 0.2) is 0 Å². The normalized spacial score (nSPS) is 16.4. The molecular formula is C12H17ClN4O2. The number of hydrogen-bond donors (Lipinski definition) is 0. The molecule has 1 aromatic heterocycles. The summed E-state index contributed by atoms with van der Waals surface area (Å²) in [6, 6.07) is 1.77. The highest BCUT2D eigenvalue weighted by Gasteiger charge is 2.18. The van der Waals surface area contributed by atoms with E-state index in [0.29, 0.717) is 11.8 Å². The Labute approximate surface area is 117 Å². The van der Waals surface area contributed by atoms with Gasteiger partial charge in [-0.05, 0) is 0 Å². The molecule has 0 saturated carbocycles. The molecule has 0 unspecified atom stereocenters. The Bertz CT molecular complexity index is 435. The summed E-state index contributed by atoms with van der Waals surface area (Å²) in [7, 11) is 0. The highest BCUT2D eigenvalue weighted by Crippen LogP contribution is 2.15. The SMILES string of the molecule is CC(=O)OCCN1CCN(c2cc(Cl)ncn2)CC1. The van der Waals surface area contributed by atoms with E-state index in [9.17, 15) is 4.79 Å². The minimum absolute atomic E-state index is 0.228. The summed E-state index contributed by atoms with van der Waals surface area (Å²) in [6.07, 6.45) is 1.48. The number of carbonyl (C=O) groups excluding carboxylic acids is 1. The number of aromatic nitrogens is 2. The van der Waals surface area contributed by atoms with Gasteiger partial charge in [0.25, 0.3) is 0 Å². The molecule has 0 amide bonds. The van der Waals surface area contributed by atoms with Crippen LogP contribution in [0.2, 0.25) is 5.15 Å². The molecule has 0 N–H and O–H groups in total. The molecule has 0 aliphatic carbocycles. The van der Waals surface area contributed by atoms with Crippen molar-refractivity contribution in [3.8, 4) is 0 Å². The molecule has 7 heteroatoms. The molecule has 0 aromatic carbocycles. The van der Waals surface area contributed by atoms with Crippen LogP contribution in [-0.4, -0.2) is 60.2 Å². The van der Waals surface area contributed by atoms with Crippen LogP contribution in [0.15, 0.2) is 12.4 Å². The van der Waals surface area contributed by atoms with Gasteiger partial charge in [-0.15, -0.1) is 0 Å². The molecule has 0 radical (unpaired) electrons. The molecule has 0 spiro atoms. The van der Waals surface area contributed by atoms with Crippen molar-refractivity contribution in [1.82, 2.24) is 14.9 Å². The van der Waals surface area contributed by atoms with Gasteiger partial charge in [-0.1, -0.05) is 11.6 Å². The van der Waals surface area contributed by atoms with E-state index in [1.165, 1.54) is 13.3 Å². The van der Waals surface area contributed by atoms with Gasteiger partial charge in [0, 0.05) is 45.7 Å². The fourth-order valence-electron chi connectivity index (χ4n) is 2.02. The van der Waals surface area contributed by atoms with Crippen molar-refractivity contribution in [3.05, 3.63) is 17.5 Å². The lowest BCUT2D eigenvalue weighted by molar-refractivity contribution is -0.141. The van der Waals surface area contributed by atoms with Crippen LogP contribution >= 0.6 is 11.6 Å². The average Bonchev–Trinajstić information content (AvgIpc) is 2.39. The summed E-state index contributed by atoms with van der Waals surface area (Å²) < 4.78 is 4.94. The van der Waals surface area contributed by atoms with Crippen molar-refractivity contribution >= 4 is 23.4 Å². The molecule has 1 fully saturated rings. The predicted molar refractivity (Wildman–Crippen MR) is 72.3 cm³/mol. The summed E-state index contributed by atoms with van der Waals surface area (Å²) >= 11 is 5.85. The average molecular weight is 285 g/mol. The van der Waals surface area contributed by atoms with Gasteiger partial charge in [-0.25, -0.2) is 9.97 Å². The van der Waals surface area contributed by atoms with E-state index in [2.05, 4.69) is 19.8 Å². The van der Waals surface area contributed by atoms with Crippen LogP contribution in [0.1, 0.15) is 6.92 Å². The topological polar surface area (TPSA) is 58.6 Å². The van der Waals surface area contributed by atoms with Gasteiger partial charge in [0.2, 0.25) is 0 Å². The lowest BCUT2D eigenvalue weighted by Crippen LogP contribution is -2.47. The molecule has 1 saturated heterocycles. The van der Waals surface area contributed by atoms with Crippen LogP contribution in [0, 0.1) is 0 Å². The number of rotatable bonds is 4. The van der Waals surface area contributed by atoms with Crippen LogP contribution in [0.3, 0.4) is 0 Å². The molecule has 1 aromatic rings. The highest BCUT2D eigenvalue weighted by atomic mass is 35.5. The largest absolute Gasteiger partial charge is 0.465 e. The van der Waals surface area contributed by atoms with Crippen LogP contribution in [-0.2, 0) is 9.53 Å². The Kier molecular flexibility index (Phi) is 4.93. The van der Waals surface area contributed by atoms with E-state index >= 15 is 0 Å². The fraction of sp³-hybridized carbons (Fsp3) is 0.583. The number of esters is 1. The summed E-state index contributed by atoms with van der Waals surface area (Å²) in [5, 5.41) is 0.460. The number of carbonyl (C=O) groups is 1. The number of hydrogen-bond acceptors (Lipinski definition) is 6. The third-order valence-electron chi connectivity index (χ3n) is 3.03. The maximum absolute atomic E-state index is 10.7. The molecule has 19 heavy (non-hydrogen) atoms. The lowest BCUT2D eigenvalue weighted by Gasteiger charge is -2.35. The van der Waals surface area contributed by atoms with Gasteiger partial charge in [0.1, 0.15) is 23.9 Å². The molecule has 6 nitrogen and oxygen atoms in total. The minimum atomic E-state index is -0.228. The van der Waals surface area contributed by atoms with E-state index in [1.54, 1.807) is 6.07 Å². The smallest absolute Gasteiger partial charge is 0.302 e. The number of ether oxygens (including phenoxy) is 1. The third kappa shape index (κ3) is 4.33. The minimum Gasteiger partial charge on any atom is -0.465 e. The second-order valence-electron chi connectivity index (χ2n) is 4.37. The molecular weight excluding hydrogens is 268 g/mol. The zero-order valence-corrected chi connectivity index (χ0v) is 11.6. The first kappa shape index (κ1) is 14.0. The molecule has 1 aliphatic heterocycles. The predicted octanol–water partition coefficient (Wildman–Crippen LogP) is 0.815. The van der Waals surface area contributed by atoms with E-state index in [-0.39, 0.29) is 5.97 Å². The Morgan fingerprint density at radius 2 is 2.11 bits per heavy atom. The van der Waals surface area contributed by atoms with Crippen LogP contribution in [0.5, 0.6) is 0 Å². The first-order valence-electron chi connectivity index (χ1n) is 6.23. The van der Waals surface area contributed by atoms with E-state index in [0.717, 1.165) is 38.5 Å². The fourth-order valence-corrected chi connectivity index (χ4v) is 2.16. The number of anilines is 1. The van der Waals surface area contributed by atoms with Crippen LogP contribution < -0.4 is 4.90 Å². The van der Waals surface area contributed by atoms with Crippen LogP contribution in [0.25, 0.3) is 0 Å². The van der Waals surface area contributed by atoms with Crippen molar-refractivity contribution in [3.63, 3.8) is 0 Å². The molecule has 0 bridgehead atoms. The lowest BCUT2D eigenvalue weighted by atomic mass is 10.3. The Balaban J connectivity index is 1.77. The Morgan fingerprint density at radius 3 is 2.74 bits per heavy atom. The molecule has 104 valence electrons. The number of halogens is 1. The van der Waals surface area contributed by atoms with E-state index in [4.69, 9.17) is 16.3 Å². The standard InChI is InChI=1S/C12H17ClN4O2/c1-10(18)19-7-6-16-2-4-17(5-3-16)12-8-11(13)14-9-15-12/h8-9H,2-7H2,1H3. The zero-order valence-electron chi connectivity index (χ0n) is 10.9. The van der Waals surface area contributed by atoms with Gasteiger partial charge in [0.05, 0.1) is 0 Å². The third-order valence-corrected chi connectivity index (χ3v) is 3.24. The second kappa shape index (κ2) is 6.68. The van der Waals surface area contributed by atoms with Gasteiger partial charge in [-0.3, -0.25) is 9.69 Å². The Hall–Kier alpha value is -1.40. The van der Waals surface area contributed by atoms with Crippen molar-refractivity contribution in [1.29, 1.82) is 0 Å².